The lowest BCUT2D eigenvalue weighted by Gasteiger charge is -2.14. The minimum Gasteiger partial charge on any atom is -0.399 e. The first kappa shape index (κ1) is 13.8. The molecule has 0 saturated heterocycles. The molecule has 0 fully saturated rings. The van der Waals surface area contributed by atoms with Gasteiger partial charge < -0.3 is 22.9 Å². The molecule has 0 radical (unpaired) electrons. The quantitative estimate of drug-likeness (QED) is 0.543. The minimum absolute atomic E-state index is 0.561. The van der Waals surface area contributed by atoms with Crippen molar-refractivity contribution in [1.82, 2.24) is 0 Å². The van der Waals surface area contributed by atoms with Gasteiger partial charge in [-0.3, -0.25) is 0 Å². The van der Waals surface area contributed by atoms with Crippen molar-refractivity contribution in [2.75, 3.05) is 22.9 Å². The molecule has 22 heavy (non-hydrogen) atoms. The molecule has 0 unspecified atom stereocenters. The van der Waals surface area contributed by atoms with E-state index in [1.807, 2.05) is 60.7 Å². The third kappa shape index (κ3) is 2.54. The highest BCUT2D eigenvalue weighted by molar-refractivity contribution is 5.90. The summed E-state index contributed by atoms with van der Waals surface area (Å²) in [6.45, 7) is 0. The molecule has 0 aliphatic heterocycles. The maximum Gasteiger partial charge on any atom is 0.0554 e. The smallest absolute Gasteiger partial charge is 0.0554 e. The molecule has 0 aliphatic carbocycles. The highest BCUT2D eigenvalue weighted by Crippen LogP contribution is 2.37. The lowest BCUT2D eigenvalue weighted by molar-refractivity contribution is 1.57. The van der Waals surface area contributed by atoms with Crippen LogP contribution in [0.25, 0.3) is 22.3 Å². The SMILES string of the molecule is Nc1ccc(-c2cc(N)c(N)cc2-c2ccc(N)cc2)cc1. The van der Waals surface area contributed by atoms with E-state index in [1.165, 1.54) is 0 Å². The van der Waals surface area contributed by atoms with E-state index in [0.29, 0.717) is 11.4 Å². The van der Waals surface area contributed by atoms with E-state index in [-0.39, 0.29) is 0 Å². The molecule has 0 heterocycles. The Labute approximate surface area is 129 Å². The summed E-state index contributed by atoms with van der Waals surface area (Å²) < 4.78 is 0. The maximum atomic E-state index is 5.99. The number of nitrogens with two attached hydrogens (primary N) is 4. The summed E-state index contributed by atoms with van der Waals surface area (Å²) in [4.78, 5) is 0. The van der Waals surface area contributed by atoms with Crippen LogP contribution >= 0.6 is 0 Å². The molecule has 4 nitrogen and oxygen atoms in total. The number of benzene rings is 3. The summed E-state index contributed by atoms with van der Waals surface area (Å²) in [6.07, 6.45) is 0. The third-order valence-corrected chi connectivity index (χ3v) is 3.67. The van der Waals surface area contributed by atoms with Gasteiger partial charge in [0.05, 0.1) is 11.4 Å². The number of hydrogen-bond acceptors (Lipinski definition) is 4. The fourth-order valence-corrected chi connectivity index (χ4v) is 2.44. The molecule has 3 aromatic carbocycles. The Kier molecular flexibility index (Phi) is 3.35. The van der Waals surface area contributed by atoms with Crippen molar-refractivity contribution in [2.45, 2.75) is 0 Å². The molecule has 3 rings (SSSR count). The molecular formula is C18H18N4. The van der Waals surface area contributed by atoms with Crippen molar-refractivity contribution < 1.29 is 0 Å². The van der Waals surface area contributed by atoms with E-state index >= 15 is 0 Å². The molecule has 0 saturated carbocycles. The number of hydrogen-bond donors (Lipinski definition) is 4. The van der Waals surface area contributed by atoms with Gasteiger partial charge >= 0.3 is 0 Å². The summed E-state index contributed by atoms with van der Waals surface area (Å²) >= 11 is 0. The van der Waals surface area contributed by atoms with E-state index in [4.69, 9.17) is 22.9 Å². The van der Waals surface area contributed by atoms with Crippen LogP contribution in [0.15, 0.2) is 60.7 Å². The van der Waals surface area contributed by atoms with Crippen LogP contribution in [0.3, 0.4) is 0 Å². The van der Waals surface area contributed by atoms with Crippen LogP contribution in [-0.2, 0) is 0 Å². The summed E-state index contributed by atoms with van der Waals surface area (Å²) in [5.41, 5.74) is 30.2. The van der Waals surface area contributed by atoms with Gasteiger partial charge in [-0.25, -0.2) is 0 Å². The second-order valence-corrected chi connectivity index (χ2v) is 5.27. The predicted molar refractivity (Wildman–Crippen MR) is 95.0 cm³/mol. The summed E-state index contributed by atoms with van der Waals surface area (Å²) in [7, 11) is 0. The molecular weight excluding hydrogens is 272 g/mol. The van der Waals surface area contributed by atoms with Crippen LogP contribution in [0.1, 0.15) is 0 Å². The van der Waals surface area contributed by atoms with E-state index in [1.54, 1.807) is 0 Å². The molecule has 0 atom stereocenters. The van der Waals surface area contributed by atoms with E-state index < -0.39 is 0 Å². The van der Waals surface area contributed by atoms with Crippen molar-refractivity contribution in [1.29, 1.82) is 0 Å². The third-order valence-electron chi connectivity index (χ3n) is 3.67. The summed E-state index contributed by atoms with van der Waals surface area (Å²) in [5, 5.41) is 0. The van der Waals surface area contributed by atoms with Gasteiger partial charge in [0, 0.05) is 11.4 Å². The average Bonchev–Trinajstić information content (AvgIpc) is 2.51. The first-order valence-corrected chi connectivity index (χ1v) is 6.95. The zero-order chi connectivity index (χ0) is 15.7. The first-order chi connectivity index (χ1) is 10.5. The van der Waals surface area contributed by atoms with Crippen LogP contribution < -0.4 is 22.9 Å². The topological polar surface area (TPSA) is 104 Å². The Morgan fingerprint density at radius 1 is 0.455 bits per heavy atom. The van der Waals surface area contributed by atoms with E-state index in [9.17, 15) is 0 Å². The number of anilines is 4. The normalized spacial score (nSPS) is 10.5. The lowest BCUT2D eigenvalue weighted by Crippen LogP contribution is -1.97. The van der Waals surface area contributed by atoms with Crippen LogP contribution in [0.5, 0.6) is 0 Å². The Morgan fingerprint density at radius 3 is 1.09 bits per heavy atom. The zero-order valence-electron chi connectivity index (χ0n) is 12.1. The summed E-state index contributed by atoms with van der Waals surface area (Å²) in [5.74, 6) is 0. The van der Waals surface area contributed by atoms with Gasteiger partial charge in [-0.15, -0.1) is 0 Å². The molecule has 0 aromatic heterocycles. The molecule has 110 valence electrons. The van der Waals surface area contributed by atoms with Crippen molar-refractivity contribution in [2.24, 2.45) is 0 Å². The fourth-order valence-electron chi connectivity index (χ4n) is 2.44. The van der Waals surface area contributed by atoms with Crippen molar-refractivity contribution in [3.8, 4) is 22.3 Å². The Bertz CT molecular complexity index is 735. The van der Waals surface area contributed by atoms with Crippen LogP contribution in [-0.4, -0.2) is 0 Å². The van der Waals surface area contributed by atoms with Crippen molar-refractivity contribution in [3.05, 3.63) is 60.7 Å². The average molecular weight is 290 g/mol. The Hall–Kier alpha value is -3.14. The van der Waals surface area contributed by atoms with Crippen LogP contribution in [0.2, 0.25) is 0 Å². The van der Waals surface area contributed by atoms with E-state index in [0.717, 1.165) is 33.6 Å². The molecule has 0 aliphatic rings. The second kappa shape index (κ2) is 5.33. The molecule has 0 spiro atoms. The van der Waals surface area contributed by atoms with Gasteiger partial charge in [-0.1, -0.05) is 24.3 Å². The Morgan fingerprint density at radius 2 is 0.773 bits per heavy atom. The van der Waals surface area contributed by atoms with Crippen molar-refractivity contribution in [3.63, 3.8) is 0 Å². The predicted octanol–water partition coefficient (Wildman–Crippen LogP) is 3.35. The Balaban J connectivity index is 2.22. The second-order valence-electron chi connectivity index (χ2n) is 5.27. The molecule has 4 heteroatoms. The molecule has 0 bridgehead atoms. The van der Waals surface area contributed by atoms with Gasteiger partial charge in [0.2, 0.25) is 0 Å². The summed E-state index contributed by atoms with van der Waals surface area (Å²) in [6, 6.07) is 19.2. The maximum absolute atomic E-state index is 5.99. The first-order valence-electron chi connectivity index (χ1n) is 6.95. The van der Waals surface area contributed by atoms with Gasteiger partial charge in [0.25, 0.3) is 0 Å². The van der Waals surface area contributed by atoms with Gasteiger partial charge in [-0.05, 0) is 58.7 Å². The van der Waals surface area contributed by atoms with Crippen LogP contribution in [0, 0.1) is 0 Å². The largest absolute Gasteiger partial charge is 0.399 e. The molecule has 3 aromatic rings. The van der Waals surface area contributed by atoms with Crippen LogP contribution in [0.4, 0.5) is 22.7 Å². The van der Waals surface area contributed by atoms with Gasteiger partial charge in [-0.2, -0.15) is 0 Å². The van der Waals surface area contributed by atoms with E-state index in [2.05, 4.69) is 0 Å². The van der Waals surface area contributed by atoms with Gasteiger partial charge in [0.15, 0.2) is 0 Å². The fraction of sp³-hybridized carbons (Fsp3) is 0. The lowest BCUT2D eigenvalue weighted by atomic mass is 9.93. The van der Waals surface area contributed by atoms with Crippen molar-refractivity contribution >= 4 is 22.7 Å². The standard InChI is InChI=1S/C18H18N4/c19-13-5-1-11(2-6-13)15-9-17(21)18(22)10-16(15)12-3-7-14(20)8-4-12/h1-10H,19-22H2. The monoisotopic (exact) mass is 290 g/mol. The highest BCUT2D eigenvalue weighted by atomic mass is 14.7. The highest BCUT2D eigenvalue weighted by Gasteiger charge is 2.10. The molecule has 8 N–H and O–H groups in total. The van der Waals surface area contributed by atoms with Gasteiger partial charge in [0.1, 0.15) is 0 Å². The molecule has 0 amide bonds. The number of rotatable bonds is 2. The number of nitrogen functional groups attached to an aromatic ring is 4. The zero-order valence-corrected chi connectivity index (χ0v) is 12.1. The minimum atomic E-state index is 0.561.